The summed E-state index contributed by atoms with van der Waals surface area (Å²) < 4.78 is 10.8. The Bertz CT molecular complexity index is 92.1. The maximum absolute atomic E-state index is 5.56. The molecular formula is C8H15ClO2. The smallest absolute Gasteiger partial charge is 0.0619 e. The van der Waals surface area contributed by atoms with Crippen LogP contribution in [0.25, 0.3) is 0 Å². The minimum atomic E-state index is 0.423. The van der Waals surface area contributed by atoms with Gasteiger partial charge in [0.1, 0.15) is 0 Å². The number of rotatable bonds is 4. The van der Waals surface area contributed by atoms with Crippen molar-refractivity contribution in [3.8, 4) is 0 Å². The molecule has 1 heterocycles. The summed E-state index contributed by atoms with van der Waals surface area (Å²) in [5.74, 6) is 0.698. The minimum absolute atomic E-state index is 0.423. The number of hydrogen-bond donors (Lipinski definition) is 0. The Morgan fingerprint density at radius 3 is 2.73 bits per heavy atom. The van der Waals surface area contributed by atoms with E-state index in [2.05, 4.69) is 0 Å². The number of hydrogen-bond acceptors (Lipinski definition) is 2. The van der Waals surface area contributed by atoms with Gasteiger partial charge < -0.3 is 9.47 Å². The molecule has 0 radical (unpaired) electrons. The SMILES string of the molecule is ClCCCOC1CCOCC1. The minimum Gasteiger partial charge on any atom is -0.381 e. The highest BCUT2D eigenvalue weighted by Gasteiger charge is 2.12. The quantitative estimate of drug-likeness (QED) is 0.483. The lowest BCUT2D eigenvalue weighted by Gasteiger charge is -2.22. The van der Waals surface area contributed by atoms with Gasteiger partial charge in [-0.1, -0.05) is 0 Å². The van der Waals surface area contributed by atoms with Crippen LogP contribution >= 0.6 is 11.6 Å². The van der Waals surface area contributed by atoms with E-state index in [1.165, 1.54) is 0 Å². The fraction of sp³-hybridized carbons (Fsp3) is 1.00. The molecule has 0 aromatic carbocycles. The first kappa shape index (κ1) is 9.30. The third-order valence-electron chi connectivity index (χ3n) is 1.80. The summed E-state index contributed by atoms with van der Waals surface area (Å²) in [7, 11) is 0. The molecule has 0 aliphatic carbocycles. The maximum atomic E-state index is 5.56. The van der Waals surface area contributed by atoms with Crippen LogP contribution in [0.15, 0.2) is 0 Å². The Morgan fingerprint density at radius 1 is 1.36 bits per heavy atom. The van der Waals surface area contributed by atoms with Crippen molar-refractivity contribution in [1.29, 1.82) is 0 Å². The molecule has 66 valence electrons. The Hall–Kier alpha value is 0.210. The highest BCUT2D eigenvalue weighted by atomic mass is 35.5. The van der Waals surface area contributed by atoms with E-state index in [1.54, 1.807) is 0 Å². The zero-order valence-electron chi connectivity index (χ0n) is 6.72. The lowest BCUT2D eigenvalue weighted by molar-refractivity contribution is -0.0312. The van der Waals surface area contributed by atoms with Gasteiger partial charge in [0.05, 0.1) is 6.10 Å². The van der Waals surface area contributed by atoms with E-state index >= 15 is 0 Å². The van der Waals surface area contributed by atoms with Crippen molar-refractivity contribution >= 4 is 11.6 Å². The fourth-order valence-electron chi connectivity index (χ4n) is 1.15. The summed E-state index contributed by atoms with van der Waals surface area (Å²) in [4.78, 5) is 0. The summed E-state index contributed by atoms with van der Waals surface area (Å²) in [6.45, 7) is 2.51. The van der Waals surface area contributed by atoms with E-state index in [1.807, 2.05) is 0 Å². The second-order valence-corrected chi connectivity index (χ2v) is 3.10. The van der Waals surface area contributed by atoms with E-state index in [-0.39, 0.29) is 0 Å². The molecule has 1 saturated heterocycles. The molecule has 0 saturated carbocycles. The van der Waals surface area contributed by atoms with Gasteiger partial charge in [0.25, 0.3) is 0 Å². The van der Waals surface area contributed by atoms with Crippen LogP contribution in [0.1, 0.15) is 19.3 Å². The molecule has 11 heavy (non-hydrogen) atoms. The second kappa shape index (κ2) is 5.81. The molecule has 1 aliphatic rings. The molecule has 0 amide bonds. The Labute approximate surface area is 72.8 Å². The predicted octanol–water partition coefficient (Wildman–Crippen LogP) is 1.81. The van der Waals surface area contributed by atoms with Gasteiger partial charge in [0.15, 0.2) is 0 Å². The van der Waals surface area contributed by atoms with Crippen LogP contribution < -0.4 is 0 Å². The molecule has 0 aromatic rings. The van der Waals surface area contributed by atoms with Crippen molar-refractivity contribution in [2.45, 2.75) is 25.4 Å². The summed E-state index contributed by atoms with van der Waals surface area (Å²) in [5, 5.41) is 0. The molecule has 1 aliphatic heterocycles. The molecule has 0 atom stereocenters. The molecule has 0 unspecified atom stereocenters. The number of halogens is 1. The van der Waals surface area contributed by atoms with Crippen molar-refractivity contribution in [2.24, 2.45) is 0 Å². The van der Waals surface area contributed by atoms with Gasteiger partial charge in [0, 0.05) is 25.7 Å². The average molecular weight is 179 g/mol. The molecule has 0 N–H and O–H groups in total. The van der Waals surface area contributed by atoms with Gasteiger partial charge >= 0.3 is 0 Å². The van der Waals surface area contributed by atoms with Gasteiger partial charge in [-0.25, -0.2) is 0 Å². The topological polar surface area (TPSA) is 18.5 Å². The zero-order valence-corrected chi connectivity index (χ0v) is 7.48. The third kappa shape index (κ3) is 3.94. The summed E-state index contributed by atoms with van der Waals surface area (Å²) in [5.41, 5.74) is 0. The van der Waals surface area contributed by atoms with Gasteiger partial charge in [-0.05, 0) is 19.3 Å². The molecule has 0 spiro atoms. The highest BCUT2D eigenvalue weighted by Crippen LogP contribution is 2.10. The van der Waals surface area contributed by atoms with E-state index in [0.29, 0.717) is 12.0 Å². The fourth-order valence-corrected chi connectivity index (χ4v) is 1.26. The van der Waals surface area contributed by atoms with Gasteiger partial charge in [0.2, 0.25) is 0 Å². The molecule has 0 bridgehead atoms. The van der Waals surface area contributed by atoms with Crippen LogP contribution in [0.5, 0.6) is 0 Å². The van der Waals surface area contributed by atoms with Crippen molar-refractivity contribution in [2.75, 3.05) is 25.7 Å². The van der Waals surface area contributed by atoms with Crippen LogP contribution in [0.4, 0.5) is 0 Å². The summed E-state index contributed by atoms with van der Waals surface area (Å²) in [6.07, 6.45) is 3.47. The monoisotopic (exact) mass is 178 g/mol. The molecule has 1 fully saturated rings. The summed E-state index contributed by atoms with van der Waals surface area (Å²) >= 11 is 5.51. The lowest BCUT2D eigenvalue weighted by atomic mass is 10.1. The standard InChI is InChI=1S/C8H15ClO2/c9-4-1-5-11-8-2-6-10-7-3-8/h8H,1-7H2. The Morgan fingerprint density at radius 2 is 2.09 bits per heavy atom. The average Bonchev–Trinajstić information content (AvgIpc) is 2.07. The third-order valence-corrected chi connectivity index (χ3v) is 2.07. The van der Waals surface area contributed by atoms with Gasteiger partial charge in [-0.2, -0.15) is 0 Å². The number of alkyl halides is 1. The highest BCUT2D eigenvalue weighted by molar-refractivity contribution is 6.17. The molecule has 0 aromatic heterocycles. The molecule has 1 rings (SSSR count). The van der Waals surface area contributed by atoms with Gasteiger partial charge in [-0.15, -0.1) is 11.6 Å². The Balaban J connectivity index is 1.96. The number of ether oxygens (including phenoxy) is 2. The first-order valence-electron chi connectivity index (χ1n) is 4.19. The van der Waals surface area contributed by atoms with Crippen LogP contribution in [-0.4, -0.2) is 31.8 Å². The molecule has 3 heteroatoms. The normalized spacial score (nSPS) is 20.5. The van der Waals surface area contributed by atoms with Crippen molar-refractivity contribution in [3.63, 3.8) is 0 Å². The van der Waals surface area contributed by atoms with E-state index < -0.39 is 0 Å². The largest absolute Gasteiger partial charge is 0.381 e. The van der Waals surface area contributed by atoms with E-state index in [0.717, 1.165) is 39.1 Å². The van der Waals surface area contributed by atoms with E-state index in [4.69, 9.17) is 21.1 Å². The van der Waals surface area contributed by atoms with Crippen LogP contribution in [-0.2, 0) is 9.47 Å². The lowest BCUT2D eigenvalue weighted by Crippen LogP contribution is -2.23. The molecule has 2 nitrogen and oxygen atoms in total. The van der Waals surface area contributed by atoms with E-state index in [9.17, 15) is 0 Å². The predicted molar refractivity (Wildman–Crippen MR) is 45.1 cm³/mol. The first-order chi connectivity index (χ1) is 5.43. The van der Waals surface area contributed by atoms with Crippen LogP contribution in [0.2, 0.25) is 0 Å². The summed E-state index contributed by atoms with van der Waals surface area (Å²) in [6, 6.07) is 0. The van der Waals surface area contributed by atoms with Crippen LogP contribution in [0.3, 0.4) is 0 Å². The molecular weight excluding hydrogens is 164 g/mol. The van der Waals surface area contributed by atoms with Crippen molar-refractivity contribution in [1.82, 2.24) is 0 Å². The van der Waals surface area contributed by atoms with Crippen LogP contribution in [0, 0.1) is 0 Å². The van der Waals surface area contributed by atoms with Crippen molar-refractivity contribution < 1.29 is 9.47 Å². The maximum Gasteiger partial charge on any atom is 0.0619 e. The second-order valence-electron chi connectivity index (χ2n) is 2.73. The van der Waals surface area contributed by atoms with Gasteiger partial charge in [-0.3, -0.25) is 0 Å². The zero-order chi connectivity index (χ0) is 7.94. The van der Waals surface area contributed by atoms with Crippen molar-refractivity contribution in [3.05, 3.63) is 0 Å². The Kier molecular flexibility index (Phi) is 4.91. The first-order valence-corrected chi connectivity index (χ1v) is 4.72.